The van der Waals surface area contributed by atoms with E-state index in [-0.39, 0.29) is 16.7 Å². The van der Waals surface area contributed by atoms with Gasteiger partial charge in [-0.2, -0.15) is 0 Å². The first kappa shape index (κ1) is 21.2. The van der Waals surface area contributed by atoms with Gasteiger partial charge in [-0.05, 0) is 43.0 Å². The second-order valence-electron chi connectivity index (χ2n) is 8.43. The average Bonchev–Trinajstić information content (AvgIpc) is 3.27. The number of nitrogens with zero attached hydrogens (tertiary/aromatic N) is 4. The van der Waals surface area contributed by atoms with Gasteiger partial charge in [-0.15, -0.1) is 11.3 Å². The molecule has 162 valence electrons. The largest absolute Gasteiger partial charge is 0.341 e. The molecule has 1 amide bonds. The van der Waals surface area contributed by atoms with Crippen molar-refractivity contribution in [1.82, 2.24) is 14.9 Å². The molecule has 0 N–H and O–H groups in total. The standard InChI is InChI=1S/C21H28N4O3S2/c1-15-5-3-9-25(14-15)21-22-13-18(30(2,27)28)19(23-21)16-7-10-24(11-8-16)20(26)17-6-4-12-29-17/h4,6,12-13,15-16H,3,5,7-11,14H2,1-2H3/t15-/m0/s1. The zero-order valence-corrected chi connectivity index (χ0v) is 19.1. The average molecular weight is 449 g/mol. The second kappa shape index (κ2) is 8.63. The minimum Gasteiger partial charge on any atom is -0.341 e. The molecule has 9 heteroatoms. The molecule has 2 aliphatic rings. The molecule has 2 fully saturated rings. The predicted octanol–water partition coefficient (Wildman–Crippen LogP) is 3.20. The SMILES string of the molecule is C[C@H]1CCCN(c2ncc(S(C)(=O)=O)c(C3CCN(C(=O)c4cccs4)CC3)n2)C1. The Bertz CT molecular complexity index is 999. The van der Waals surface area contributed by atoms with Crippen LogP contribution in [0.1, 0.15) is 53.9 Å². The molecule has 0 bridgehead atoms. The molecule has 4 heterocycles. The van der Waals surface area contributed by atoms with Gasteiger partial charge in [0.15, 0.2) is 9.84 Å². The van der Waals surface area contributed by atoms with E-state index in [1.807, 2.05) is 22.4 Å². The molecule has 30 heavy (non-hydrogen) atoms. The van der Waals surface area contributed by atoms with Crippen LogP contribution in [0.4, 0.5) is 5.95 Å². The number of hydrogen-bond donors (Lipinski definition) is 0. The Balaban J connectivity index is 1.56. The molecule has 0 spiro atoms. The van der Waals surface area contributed by atoms with Gasteiger partial charge >= 0.3 is 0 Å². The summed E-state index contributed by atoms with van der Waals surface area (Å²) in [5.41, 5.74) is 0.615. The van der Waals surface area contributed by atoms with Crippen LogP contribution in [0.5, 0.6) is 0 Å². The molecule has 2 aromatic rings. The van der Waals surface area contributed by atoms with Gasteiger partial charge in [-0.25, -0.2) is 18.4 Å². The lowest BCUT2D eigenvalue weighted by atomic mass is 9.93. The van der Waals surface area contributed by atoms with Crippen molar-refractivity contribution in [3.8, 4) is 0 Å². The van der Waals surface area contributed by atoms with Crippen LogP contribution in [0.15, 0.2) is 28.6 Å². The summed E-state index contributed by atoms with van der Waals surface area (Å²) < 4.78 is 24.8. The molecule has 2 aromatic heterocycles. The fourth-order valence-corrected chi connectivity index (χ4v) is 5.92. The highest BCUT2D eigenvalue weighted by Gasteiger charge is 2.31. The molecular weight excluding hydrogens is 420 g/mol. The van der Waals surface area contributed by atoms with E-state index in [0.717, 1.165) is 24.4 Å². The van der Waals surface area contributed by atoms with Crippen molar-refractivity contribution in [3.63, 3.8) is 0 Å². The highest BCUT2D eigenvalue weighted by Crippen LogP contribution is 2.33. The molecule has 7 nitrogen and oxygen atoms in total. The molecule has 0 radical (unpaired) electrons. The highest BCUT2D eigenvalue weighted by atomic mass is 32.2. The Morgan fingerprint density at radius 2 is 1.97 bits per heavy atom. The molecule has 2 saturated heterocycles. The summed E-state index contributed by atoms with van der Waals surface area (Å²) in [6, 6.07) is 3.73. The van der Waals surface area contributed by atoms with E-state index in [0.29, 0.717) is 43.5 Å². The first-order valence-corrected chi connectivity index (χ1v) is 13.2. The number of hydrogen-bond acceptors (Lipinski definition) is 7. The minimum atomic E-state index is -3.43. The monoisotopic (exact) mass is 448 g/mol. The number of sulfone groups is 1. The van der Waals surface area contributed by atoms with Crippen LogP contribution in [0.3, 0.4) is 0 Å². The number of aromatic nitrogens is 2. The third-order valence-corrected chi connectivity index (χ3v) is 7.98. The van der Waals surface area contributed by atoms with Gasteiger partial charge in [-0.3, -0.25) is 4.79 Å². The molecule has 2 aliphatic heterocycles. The van der Waals surface area contributed by atoms with E-state index in [9.17, 15) is 13.2 Å². The smallest absolute Gasteiger partial charge is 0.263 e. The minimum absolute atomic E-state index is 0.00562. The van der Waals surface area contributed by atoms with Crippen LogP contribution in [0.2, 0.25) is 0 Å². The van der Waals surface area contributed by atoms with Gasteiger partial charge in [-0.1, -0.05) is 13.0 Å². The summed E-state index contributed by atoms with van der Waals surface area (Å²) >= 11 is 1.45. The molecule has 1 atom stereocenters. The number of thiophene rings is 1. The van der Waals surface area contributed by atoms with Crippen LogP contribution in [0, 0.1) is 5.92 Å². The van der Waals surface area contributed by atoms with E-state index in [4.69, 9.17) is 4.98 Å². The van der Waals surface area contributed by atoms with Crippen LogP contribution in [0.25, 0.3) is 0 Å². The summed E-state index contributed by atoms with van der Waals surface area (Å²) in [6.45, 7) is 5.22. The number of carbonyl (C=O) groups excluding carboxylic acids is 1. The normalized spacial score (nSPS) is 21.1. The lowest BCUT2D eigenvalue weighted by molar-refractivity contribution is 0.0716. The van der Waals surface area contributed by atoms with Crippen molar-refractivity contribution in [2.45, 2.75) is 43.4 Å². The molecule has 0 unspecified atom stereocenters. The van der Waals surface area contributed by atoms with Crippen molar-refractivity contribution < 1.29 is 13.2 Å². The number of anilines is 1. The number of piperidine rings is 2. The Morgan fingerprint density at radius 1 is 1.20 bits per heavy atom. The lowest BCUT2D eigenvalue weighted by Gasteiger charge is -2.34. The molecular formula is C21H28N4O3S2. The molecule has 0 aromatic carbocycles. The van der Waals surface area contributed by atoms with Gasteiger partial charge < -0.3 is 9.80 Å². The van der Waals surface area contributed by atoms with Gasteiger partial charge in [0, 0.05) is 38.4 Å². The Morgan fingerprint density at radius 3 is 2.60 bits per heavy atom. The molecule has 4 rings (SSSR count). The maximum absolute atomic E-state index is 12.6. The summed E-state index contributed by atoms with van der Waals surface area (Å²) in [7, 11) is -3.43. The van der Waals surface area contributed by atoms with Crippen LogP contribution in [-0.4, -0.2) is 61.6 Å². The van der Waals surface area contributed by atoms with Gasteiger partial charge in [0.2, 0.25) is 5.95 Å². The van der Waals surface area contributed by atoms with Crippen molar-refractivity contribution in [1.29, 1.82) is 0 Å². The molecule has 0 saturated carbocycles. The topological polar surface area (TPSA) is 83.5 Å². The molecule has 0 aliphatic carbocycles. The maximum atomic E-state index is 12.6. The zero-order valence-electron chi connectivity index (χ0n) is 17.5. The van der Waals surface area contributed by atoms with Crippen LogP contribution in [-0.2, 0) is 9.84 Å². The Hall–Kier alpha value is -2.00. The predicted molar refractivity (Wildman–Crippen MR) is 118 cm³/mol. The summed E-state index contributed by atoms with van der Waals surface area (Å²) in [5, 5.41) is 1.90. The number of carbonyl (C=O) groups is 1. The number of amides is 1. The second-order valence-corrected chi connectivity index (χ2v) is 11.4. The Labute approximate surface area is 182 Å². The van der Waals surface area contributed by atoms with E-state index in [1.54, 1.807) is 0 Å². The van der Waals surface area contributed by atoms with E-state index < -0.39 is 9.84 Å². The van der Waals surface area contributed by atoms with Gasteiger partial charge in [0.25, 0.3) is 5.91 Å². The number of likely N-dealkylation sites (tertiary alicyclic amines) is 1. The van der Waals surface area contributed by atoms with Gasteiger partial charge in [0.1, 0.15) is 4.90 Å². The lowest BCUT2D eigenvalue weighted by Crippen LogP contribution is -2.38. The zero-order chi connectivity index (χ0) is 21.3. The van der Waals surface area contributed by atoms with Crippen molar-refractivity contribution >= 4 is 33.0 Å². The fraction of sp³-hybridized carbons (Fsp3) is 0.571. The van der Waals surface area contributed by atoms with Gasteiger partial charge in [0.05, 0.1) is 16.8 Å². The fourth-order valence-electron chi connectivity index (χ4n) is 4.39. The number of rotatable bonds is 4. The van der Waals surface area contributed by atoms with Crippen LogP contribution >= 0.6 is 11.3 Å². The van der Waals surface area contributed by atoms with E-state index in [1.165, 1.54) is 30.2 Å². The highest BCUT2D eigenvalue weighted by molar-refractivity contribution is 7.90. The van der Waals surface area contributed by atoms with Crippen molar-refractivity contribution in [3.05, 3.63) is 34.3 Å². The Kier molecular flexibility index (Phi) is 6.11. The summed E-state index contributed by atoms with van der Waals surface area (Å²) in [5.74, 6) is 1.26. The first-order valence-electron chi connectivity index (χ1n) is 10.5. The van der Waals surface area contributed by atoms with Crippen molar-refractivity contribution in [2.75, 3.05) is 37.3 Å². The third-order valence-electron chi connectivity index (χ3n) is 6.01. The van der Waals surface area contributed by atoms with E-state index in [2.05, 4.69) is 16.8 Å². The van der Waals surface area contributed by atoms with Crippen molar-refractivity contribution in [2.24, 2.45) is 5.92 Å². The van der Waals surface area contributed by atoms with Crippen LogP contribution < -0.4 is 4.90 Å². The maximum Gasteiger partial charge on any atom is 0.263 e. The third kappa shape index (κ3) is 4.51. The summed E-state index contributed by atoms with van der Waals surface area (Å²) in [6.07, 6.45) is 6.39. The quantitative estimate of drug-likeness (QED) is 0.714. The first-order chi connectivity index (χ1) is 14.3. The summed E-state index contributed by atoms with van der Waals surface area (Å²) in [4.78, 5) is 26.8. The van der Waals surface area contributed by atoms with E-state index >= 15 is 0 Å².